The summed E-state index contributed by atoms with van der Waals surface area (Å²) in [5, 5.41) is 5.94. The smallest absolute Gasteiger partial charge is 0.234 e. The first-order valence-electron chi connectivity index (χ1n) is 4.84. The molecule has 0 radical (unpaired) electrons. The van der Waals surface area contributed by atoms with E-state index in [0.717, 1.165) is 12.2 Å². The molecule has 1 atom stereocenters. The van der Waals surface area contributed by atoms with E-state index < -0.39 is 0 Å². The van der Waals surface area contributed by atoms with E-state index in [0.29, 0.717) is 19.1 Å². The zero-order valence-corrected chi connectivity index (χ0v) is 9.82. The molecule has 0 rings (SSSR count). The minimum atomic E-state index is 0.0627. The largest absolute Gasteiger partial charge is 0.351 e. The SMILES string of the molecule is C=CCNCC(=O)NC(CC)CSC. The van der Waals surface area contributed by atoms with Crippen molar-refractivity contribution in [1.82, 2.24) is 10.6 Å². The molecular weight excluding hydrogens is 196 g/mol. The number of hydrogen-bond acceptors (Lipinski definition) is 3. The third kappa shape index (κ3) is 6.97. The maximum absolute atomic E-state index is 11.3. The normalized spacial score (nSPS) is 12.1. The van der Waals surface area contributed by atoms with E-state index in [1.165, 1.54) is 0 Å². The van der Waals surface area contributed by atoms with Crippen molar-refractivity contribution in [3.05, 3.63) is 12.7 Å². The van der Waals surface area contributed by atoms with Crippen LogP contribution in [0.4, 0.5) is 0 Å². The first kappa shape index (κ1) is 13.5. The van der Waals surface area contributed by atoms with E-state index in [2.05, 4.69) is 24.1 Å². The minimum Gasteiger partial charge on any atom is -0.351 e. The van der Waals surface area contributed by atoms with Crippen LogP contribution in [0.3, 0.4) is 0 Å². The molecular formula is C10H20N2OS. The molecule has 1 amide bonds. The topological polar surface area (TPSA) is 41.1 Å². The summed E-state index contributed by atoms with van der Waals surface area (Å²) in [5.74, 6) is 1.04. The highest BCUT2D eigenvalue weighted by molar-refractivity contribution is 7.98. The van der Waals surface area contributed by atoms with Gasteiger partial charge in [0, 0.05) is 18.3 Å². The van der Waals surface area contributed by atoms with Gasteiger partial charge in [-0.25, -0.2) is 0 Å². The van der Waals surface area contributed by atoms with E-state index in [1.807, 2.05) is 6.26 Å². The van der Waals surface area contributed by atoms with E-state index in [-0.39, 0.29) is 5.91 Å². The van der Waals surface area contributed by atoms with Crippen molar-refractivity contribution in [2.45, 2.75) is 19.4 Å². The highest BCUT2D eigenvalue weighted by Crippen LogP contribution is 2.00. The number of nitrogens with one attached hydrogen (secondary N) is 2. The summed E-state index contributed by atoms with van der Waals surface area (Å²) in [5.41, 5.74) is 0. The molecule has 2 N–H and O–H groups in total. The Balaban J connectivity index is 3.61. The van der Waals surface area contributed by atoms with Crippen molar-refractivity contribution in [2.24, 2.45) is 0 Å². The summed E-state index contributed by atoms with van der Waals surface area (Å²) in [4.78, 5) is 11.3. The van der Waals surface area contributed by atoms with E-state index in [4.69, 9.17) is 0 Å². The second-order valence-electron chi connectivity index (χ2n) is 3.05. The Bertz CT molecular complexity index is 174. The van der Waals surface area contributed by atoms with Gasteiger partial charge in [-0.15, -0.1) is 6.58 Å². The lowest BCUT2D eigenvalue weighted by Crippen LogP contribution is -2.41. The lowest BCUT2D eigenvalue weighted by molar-refractivity contribution is -0.120. The van der Waals surface area contributed by atoms with E-state index in [1.54, 1.807) is 17.8 Å². The van der Waals surface area contributed by atoms with Crippen LogP contribution in [0.15, 0.2) is 12.7 Å². The van der Waals surface area contributed by atoms with Crippen LogP contribution in [-0.4, -0.2) is 37.0 Å². The van der Waals surface area contributed by atoms with Gasteiger partial charge in [-0.05, 0) is 12.7 Å². The standard InChI is InChI=1S/C10H20N2OS/c1-4-6-11-7-10(13)12-9(5-2)8-14-3/h4,9,11H,1,5-8H2,2-3H3,(H,12,13). The van der Waals surface area contributed by atoms with Gasteiger partial charge in [0.2, 0.25) is 5.91 Å². The Hall–Kier alpha value is -0.480. The number of hydrogen-bond donors (Lipinski definition) is 2. The fourth-order valence-corrected chi connectivity index (χ4v) is 1.75. The first-order valence-corrected chi connectivity index (χ1v) is 6.23. The summed E-state index contributed by atoms with van der Waals surface area (Å²) in [6, 6.07) is 0.294. The van der Waals surface area contributed by atoms with Crippen molar-refractivity contribution in [1.29, 1.82) is 0 Å². The van der Waals surface area contributed by atoms with Gasteiger partial charge in [-0.3, -0.25) is 4.79 Å². The van der Waals surface area contributed by atoms with Crippen LogP contribution in [0.2, 0.25) is 0 Å². The zero-order valence-electron chi connectivity index (χ0n) is 9.01. The van der Waals surface area contributed by atoms with Gasteiger partial charge in [0.05, 0.1) is 6.54 Å². The lowest BCUT2D eigenvalue weighted by atomic mass is 10.2. The molecule has 0 bridgehead atoms. The predicted molar refractivity (Wildman–Crippen MR) is 63.7 cm³/mol. The molecule has 0 fully saturated rings. The summed E-state index contributed by atoms with van der Waals surface area (Å²) in [7, 11) is 0. The van der Waals surface area contributed by atoms with Gasteiger partial charge in [0.15, 0.2) is 0 Å². The van der Waals surface area contributed by atoms with Gasteiger partial charge >= 0.3 is 0 Å². The lowest BCUT2D eigenvalue weighted by Gasteiger charge is -2.15. The van der Waals surface area contributed by atoms with Crippen molar-refractivity contribution in [3.8, 4) is 0 Å². The second-order valence-corrected chi connectivity index (χ2v) is 3.96. The summed E-state index contributed by atoms with van der Waals surface area (Å²) in [6.45, 7) is 6.69. The number of carbonyl (C=O) groups excluding carboxylic acids is 1. The molecule has 0 aromatic heterocycles. The van der Waals surface area contributed by atoms with Crippen LogP contribution in [-0.2, 0) is 4.79 Å². The van der Waals surface area contributed by atoms with Crippen molar-refractivity contribution >= 4 is 17.7 Å². The van der Waals surface area contributed by atoms with Crippen molar-refractivity contribution < 1.29 is 4.79 Å². The van der Waals surface area contributed by atoms with Gasteiger partial charge in [0.25, 0.3) is 0 Å². The average molecular weight is 216 g/mol. The Morgan fingerprint density at radius 2 is 2.36 bits per heavy atom. The maximum atomic E-state index is 11.3. The fourth-order valence-electron chi connectivity index (χ4n) is 1.03. The highest BCUT2D eigenvalue weighted by atomic mass is 32.2. The van der Waals surface area contributed by atoms with E-state index in [9.17, 15) is 4.79 Å². The molecule has 3 nitrogen and oxygen atoms in total. The zero-order chi connectivity index (χ0) is 10.8. The molecule has 4 heteroatoms. The molecule has 82 valence electrons. The molecule has 0 saturated carbocycles. The Morgan fingerprint density at radius 1 is 1.64 bits per heavy atom. The molecule has 1 unspecified atom stereocenters. The maximum Gasteiger partial charge on any atom is 0.234 e. The molecule has 0 aliphatic carbocycles. The molecule has 0 spiro atoms. The van der Waals surface area contributed by atoms with Crippen LogP contribution < -0.4 is 10.6 Å². The van der Waals surface area contributed by atoms with Gasteiger partial charge in [-0.1, -0.05) is 13.0 Å². The van der Waals surface area contributed by atoms with Crippen molar-refractivity contribution in [3.63, 3.8) is 0 Å². The molecule has 0 aromatic rings. The molecule has 0 aliphatic heterocycles. The monoisotopic (exact) mass is 216 g/mol. The highest BCUT2D eigenvalue weighted by Gasteiger charge is 2.08. The number of thioether (sulfide) groups is 1. The van der Waals surface area contributed by atoms with Crippen molar-refractivity contribution in [2.75, 3.05) is 25.1 Å². The third-order valence-electron chi connectivity index (χ3n) is 1.80. The molecule has 0 aromatic carbocycles. The number of amides is 1. The average Bonchev–Trinajstić information content (AvgIpc) is 2.17. The van der Waals surface area contributed by atoms with Crippen LogP contribution in [0.5, 0.6) is 0 Å². The third-order valence-corrected chi connectivity index (χ3v) is 2.54. The summed E-state index contributed by atoms with van der Waals surface area (Å²) < 4.78 is 0. The Morgan fingerprint density at radius 3 is 2.86 bits per heavy atom. The second kappa shape index (κ2) is 9.09. The molecule has 0 saturated heterocycles. The van der Waals surface area contributed by atoms with Gasteiger partial charge in [0.1, 0.15) is 0 Å². The van der Waals surface area contributed by atoms with Crippen LogP contribution in [0, 0.1) is 0 Å². The molecule has 0 heterocycles. The summed E-state index contributed by atoms with van der Waals surface area (Å²) in [6.07, 6.45) is 4.77. The van der Waals surface area contributed by atoms with Crippen LogP contribution >= 0.6 is 11.8 Å². The Labute approximate surface area is 90.7 Å². The number of carbonyl (C=O) groups is 1. The quantitative estimate of drug-likeness (QED) is 0.470. The molecule has 14 heavy (non-hydrogen) atoms. The first-order chi connectivity index (χ1) is 6.74. The number of rotatable bonds is 8. The van der Waals surface area contributed by atoms with Gasteiger partial charge in [-0.2, -0.15) is 11.8 Å². The Kier molecular flexibility index (Phi) is 8.78. The van der Waals surface area contributed by atoms with Crippen LogP contribution in [0.1, 0.15) is 13.3 Å². The van der Waals surface area contributed by atoms with E-state index >= 15 is 0 Å². The summed E-state index contributed by atoms with van der Waals surface area (Å²) >= 11 is 1.75. The van der Waals surface area contributed by atoms with Crippen LogP contribution in [0.25, 0.3) is 0 Å². The fraction of sp³-hybridized carbons (Fsp3) is 0.700. The van der Waals surface area contributed by atoms with Gasteiger partial charge < -0.3 is 10.6 Å². The predicted octanol–water partition coefficient (Wildman–Crippen LogP) is 1.02. The molecule has 0 aliphatic rings. The minimum absolute atomic E-state index is 0.0627.